The fraction of sp³-hybridized carbons (Fsp3) is 0.647. The largest absolute Gasteiger partial charge is 0.496 e. The summed E-state index contributed by atoms with van der Waals surface area (Å²) < 4.78 is 5.56. The fourth-order valence-corrected chi connectivity index (χ4v) is 3.58. The lowest BCUT2D eigenvalue weighted by atomic mass is 9.75. The van der Waals surface area contributed by atoms with Crippen LogP contribution < -0.4 is 10.1 Å². The van der Waals surface area contributed by atoms with E-state index in [9.17, 15) is 0 Å². The Morgan fingerprint density at radius 3 is 2.68 bits per heavy atom. The highest BCUT2D eigenvalue weighted by atomic mass is 16.5. The fourth-order valence-electron chi connectivity index (χ4n) is 3.58. The second-order valence-electron chi connectivity index (χ2n) is 6.26. The number of rotatable bonds is 5. The number of hydrogen-bond acceptors (Lipinski definition) is 2. The minimum absolute atomic E-state index is 0.402. The zero-order valence-corrected chi connectivity index (χ0v) is 12.7. The molecule has 1 fully saturated rings. The number of nitrogens with one attached hydrogen (secondary N) is 1. The van der Waals surface area contributed by atoms with E-state index in [4.69, 9.17) is 4.74 Å². The van der Waals surface area contributed by atoms with Crippen LogP contribution in [0, 0.1) is 11.3 Å². The van der Waals surface area contributed by atoms with Gasteiger partial charge in [0.05, 0.1) is 7.11 Å². The molecule has 0 aliphatic heterocycles. The second-order valence-corrected chi connectivity index (χ2v) is 6.26. The minimum Gasteiger partial charge on any atom is -0.496 e. The Bertz CT molecular complexity index is 413. The molecule has 0 spiro atoms. The standard InChI is InChI=1S/C17H27NO/c1-5-18-16(14-10-8-12-17(14,2)3)13-9-6-7-11-15(13)19-4/h6-7,9,11,14,16,18H,5,8,10,12H2,1-4H3. The van der Waals surface area contributed by atoms with Crippen LogP contribution in [0.25, 0.3) is 0 Å². The quantitative estimate of drug-likeness (QED) is 0.859. The third-order valence-electron chi connectivity index (χ3n) is 4.64. The molecule has 0 bridgehead atoms. The van der Waals surface area contributed by atoms with Gasteiger partial charge in [0, 0.05) is 11.6 Å². The van der Waals surface area contributed by atoms with E-state index in [0.29, 0.717) is 17.4 Å². The van der Waals surface area contributed by atoms with Crippen molar-refractivity contribution in [1.82, 2.24) is 5.32 Å². The van der Waals surface area contributed by atoms with Crippen LogP contribution in [-0.4, -0.2) is 13.7 Å². The van der Waals surface area contributed by atoms with Crippen molar-refractivity contribution in [3.8, 4) is 5.75 Å². The smallest absolute Gasteiger partial charge is 0.123 e. The first kappa shape index (κ1) is 14.4. The number of para-hydroxylation sites is 1. The van der Waals surface area contributed by atoms with Gasteiger partial charge in [-0.2, -0.15) is 0 Å². The number of hydrogen-bond donors (Lipinski definition) is 1. The van der Waals surface area contributed by atoms with Gasteiger partial charge in [0.1, 0.15) is 5.75 Å². The van der Waals surface area contributed by atoms with Gasteiger partial charge in [0.15, 0.2) is 0 Å². The second kappa shape index (κ2) is 5.96. The van der Waals surface area contributed by atoms with Crippen molar-refractivity contribution in [3.05, 3.63) is 29.8 Å². The zero-order valence-electron chi connectivity index (χ0n) is 12.7. The molecular weight excluding hydrogens is 234 g/mol. The Hall–Kier alpha value is -1.02. The molecule has 1 saturated carbocycles. The summed E-state index contributed by atoms with van der Waals surface area (Å²) in [5, 5.41) is 3.69. The first-order chi connectivity index (χ1) is 9.10. The van der Waals surface area contributed by atoms with Gasteiger partial charge in [-0.1, -0.05) is 45.4 Å². The monoisotopic (exact) mass is 261 g/mol. The van der Waals surface area contributed by atoms with Crippen molar-refractivity contribution in [2.45, 2.75) is 46.1 Å². The van der Waals surface area contributed by atoms with Crippen molar-refractivity contribution in [2.75, 3.05) is 13.7 Å². The Morgan fingerprint density at radius 1 is 1.37 bits per heavy atom. The molecule has 1 N–H and O–H groups in total. The van der Waals surface area contributed by atoms with Gasteiger partial charge in [-0.3, -0.25) is 0 Å². The van der Waals surface area contributed by atoms with Crippen molar-refractivity contribution in [1.29, 1.82) is 0 Å². The molecule has 1 aromatic rings. The summed E-state index contributed by atoms with van der Waals surface area (Å²) >= 11 is 0. The van der Waals surface area contributed by atoms with Crippen LogP contribution in [0.1, 0.15) is 51.6 Å². The predicted octanol–water partition coefficient (Wildman–Crippen LogP) is 4.17. The Kier molecular flexibility index (Phi) is 4.51. The van der Waals surface area contributed by atoms with E-state index in [1.807, 2.05) is 6.07 Å². The third kappa shape index (κ3) is 2.94. The van der Waals surface area contributed by atoms with E-state index < -0.39 is 0 Å². The lowest BCUT2D eigenvalue weighted by molar-refractivity contribution is 0.196. The molecule has 0 heterocycles. The van der Waals surface area contributed by atoms with E-state index in [2.05, 4.69) is 44.3 Å². The molecule has 2 nitrogen and oxygen atoms in total. The van der Waals surface area contributed by atoms with Crippen molar-refractivity contribution in [3.63, 3.8) is 0 Å². The van der Waals surface area contributed by atoms with Crippen LogP contribution in [0.3, 0.4) is 0 Å². The lowest BCUT2D eigenvalue weighted by Crippen LogP contribution is -2.34. The van der Waals surface area contributed by atoms with Crippen LogP contribution in [0.5, 0.6) is 5.75 Å². The van der Waals surface area contributed by atoms with Gasteiger partial charge in [-0.15, -0.1) is 0 Å². The summed E-state index contributed by atoms with van der Waals surface area (Å²) in [6, 6.07) is 8.84. The maximum absolute atomic E-state index is 5.56. The summed E-state index contributed by atoms with van der Waals surface area (Å²) in [6.07, 6.45) is 3.98. The first-order valence-corrected chi connectivity index (χ1v) is 7.46. The molecule has 0 amide bonds. The number of benzene rings is 1. The minimum atomic E-state index is 0.402. The third-order valence-corrected chi connectivity index (χ3v) is 4.64. The summed E-state index contributed by atoms with van der Waals surface area (Å²) in [5.41, 5.74) is 1.72. The maximum Gasteiger partial charge on any atom is 0.123 e. The Morgan fingerprint density at radius 2 is 2.11 bits per heavy atom. The van der Waals surface area contributed by atoms with Gasteiger partial charge in [0.25, 0.3) is 0 Å². The zero-order chi connectivity index (χ0) is 13.9. The van der Waals surface area contributed by atoms with E-state index in [0.717, 1.165) is 12.3 Å². The highest BCUT2D eigenvalue weighted by Gasteiger charge is 2.40. The van der Waals surface area contributed by atoms with Gasteiger partial charge >= 0.3 is 0 Å². The Balaban J connectivity index is 2.34. The summed E-state index contributed by atoms with van der Waals surface area (Å²) in [4.78, 5) is 0. The maximum atomic E-state index is 5.56. The molecule has 106 valence electrons. The summed E-state index contributed by atoms with van der Waals surface area (Å²) in [7, 11) is 1.77. The van der Waals surface area contributed by atoms with Crippen molar-refractivity contribution >= 4 is 0 Å². The number of ether oxygens (including phenoxy) is 1. The highest BCUT2D eigenvalue weighted by Crippen LogP contribution is 2.49. The molecule has 2 heteroatoms. The van der Waals surface area contributed by atoms with Crippen LogP contribution in [-0.2, 0) is 0 Å². The topological polar surface area (TPSA) is 21.3 Å². The first-order valence-electron chi connectivity index (χ1n) is 7.46. The van der Waals surface area contributed by atoms with E-state index >= 15 is 0 Å². The summed E-state index contributed by atoms with van der Waals surface area (Å²) in [5.74, 6) is 1.69. The molecule has 2 rings (SSSR count). The molecule has 1 aromatic carbocycles. The normalized spacial score (nSPS) is 23.3. The van der Waals surface area contributed by atoms with Crippen LogP contribution in [0.2, 0.25) is 0 Å². The van der Waals surface area contributed by atoms with Crippen LogP contribution >= 0.6 is 0 Å². The van der Waals surface area contributed by atoms with Gasteiger partial charge in [-0.05, 0) is 36.8 Å². The van der Waals surface area contributed by atoms with Gasteiger partial charge < -0.3 is 10.1 Å². The SMILES string of the molecule is CCNC(c1ccccc1OC)C1CCCC1(C)C. The van der Waals surface area contributed by atoms with Crippen molar-refractivity contribution < 1.29 is 4.74 Å². The predicted molar refractivity (Wildman–Crippen MR) is 80.5 cm³/mol. The van der Waals surface area contributed by atoms with Crippen molar-refractivity contribution in [2.24, 2.45) is 11.3 Å². The highest BCUT2D eigenvalue weighted by molar-refractivity contribution is 5.36. The van der Waals surface area contributed by atoms with E-state index in [1.54, 1.807) is 7.11 Å². The molecule has 1 aliphatic carbocycles. The molecule has 0 aromatic heterocycles. The van der Waals surface area contributed by atoms with Crippen LogP contribution in [0.15, 0.2) is 24.3 Å². The average Bonchev–Trinajstić information content (AvgIpc) is 2.75. The molecule has 2 atom stereocenters. The molecule has 0 radical (unpaired) electrons. The molecule has 19 heavy (non-hydrogen) atoms. The molecule has 2 unspecified atom stereocenters. The van der Waals surface area contributed by atoms with Gasteiger partial charge in [0.2, 0.25) is 0 Å². The lowest BCUT2D eigenvalue weighted by Gasteiger charge is -2.35. The van der Waals surface area contributed by atoms with Gasteiger partial charge in [-0.25, -0.2) is 0 Å². The molecule has 1 aliphatic rings. The number of methoxy groups -OCH3 is 1. The summed E-state index contributed by atoms with van der Waals surface area (Å²) in [6.45, 7) is 7.99. The average molecular weight is 261 g/mol. The molecular formula is C17H27NO. The molecule has 0 saturated heterocycles. The Labute approximate surface area is 117 Å². The van der Waals surface area contributed by atoms with Crippen LogP contribution in [0.4, 0.5) is 0 Å². The van der Waals surface area contributed by atoms with E-state index in [-0.39, 0.29) is 0 Å². The van der Waals surface area contributed by atoms with E-state index in [1.165, 1.54) is 24.8 Å².